The molecule has 0 saturated heterocycles. The molecule has 1 aliphatic rings. The Morgan fingerprint density at radius 3 is 2.07 bits per heavy atom. The summed E-state index contributed by atoms with van der Waals surface area (Å²) in [6.45, 7) is 2.07. The van der Waals surface area contributed by atoms with E-state index in [0.29, 0.717) is 0 Å². The van der Waals surface area contributed by atoms with E-state index in [2.05, 4.69) is 6.92 Å². The van der Waals surface area contributed by atoms with Gasteiger partial charge in [-0.3, -0.25) is 0 Å². The number of hydrogen-bond acceptors (Lipinski definition) is 1. The Labute approximate surface area is 173 Å². The fourth-order valence-corrected chi connectivity index (χ4v) is 4.43. The summed E-state index contributed by atoms with van der Waals surface area (Å²) < 4.78 is 59.1. The molecule has 3 rings (SSSR count). The van der Waals surface area contributed by atoms with Gasteiger partial charge >= 0.3 is 5.97 Å². The predicted octanol–water partition coefficient (Wildman–Crippen LogP) is 7.08. The van der Waals surface area contributed by atoms with Crippen LogP contribution in [0.25, 0.3) is 11.1 Å². The highest BCUT2D eigenvalue weighted by molar-refractivity contribution is 5.88. The van der Waals surface area contributed by atoms with Crippen molar-refractivity contribution in [2.75, 3.05) is 0 Å². The monoisotopic (exact) mass is 422 g/mol. The molecule has 1 fully saturated rings. The van der Waals surface area contributed by atoms with Crippen molar-refractivity contribution in [1.82, 2.24) is 0 Å². The zero-order valence-electron chi connectivity index (χ0n) is 16.9. The van der Waals surface area contributed by atoms with Crippen LogP contribution in [-0.4, -0.2) is 23.4 Å². The topological polar surface area (TPSA) is 37.3 Å². The number of aromatic carboxylic acids is 1. The molecule has 2 aromatic rings. The molecule has 0 aromatic heterocycles. The van der Waals surface area contributed by atoms with Crippen LogP contribution >= 0.6 is 0 Å². The second kappa shape index (κ2) is 9.63. The summed E-state index contributed by atoms with van der Waals surface area (Å²) in [5, 5.41) is 8.95. The molecule has 0 spiro atoms. The normalized spacial score (nSPS) is 24.0. The van der Waals surface area contributed by atoms with Crippen molar-refractivity contribution < 1.29 is 27.5 Å². The highest BCUT2D eigenvalue weighted by Crippen LogP contribution is 2.43. The summed E-state index contributed by atoms with van der Waals surface area (Å²) in [5.74, 6) is -4.21. The average Bonchev–Trinajstić information content (AvgIpc) is 2.67. The Morgan fingerprint density at radius 1 is 1.00 bits per heavy atom. The third-order valence-electron chi connectivity index (χ3n) is 5.98. The SMILES string of the molecule is CCCCCC1CC(F)C(c2cc(F)c(-c3ccc(C(=O)O)cc3)c(F)c2)C(F)C1. The van der Waals surface area contributed by atoms with Gasteiger partial charge in [0.2, 0.25) is 0 Å². The van der Waals surface area contributed by atoms with Crippen molar-refractivity contribution in [3.63, 3.8) is 0 Å². The van der Waals surface area contributed by atoms with Gasteiger partial charge in [0.25, 0.3) is 0 Å². The van der Waals surface area contributed by atoms with Gasteiger partial charge in [-0.1, -0.05) is 44.7 Å². The van der Waals surface area contributed by atoms with E-state index < -0.39 is 35.9 Å². The number of unbranched alkanes of at least 4 members (excludes halogenated alkanes) is 2. The standard InChI is InChI=1S/C24H26F4O2/c1-2-3-4-5-14-10-18(25)23(19(26)11-14)17-12-20(27)22(21(28)13-17)15-6-8-16(9-7-15)24(29)30/h6-9,12-14,18-19,23H,2-5,10-11H2,1H3,(H,29,30). The summed E-state index contributed by atoms with van der Waals surface area (Å²) in [7, 11) is 0. The number of alkyl halides is 2. The minimum absolute atomic E-state index is 0.00701. The first-order valence-electron chi connectivity index (χ1n) is 10.4. The van der Waals surface area contributed by atoms with Crippen LogP contribution < -0.4 is 0 Å². The maximum absolute atomic E-state index is 14.8. The van der Waals surface area contributed by atoms with E-state index in [-0.39, 0.29) is 41.0 Å². The zero-order valence-corrected chi connectivity index (χ0v) is 16.9. The van der Waals surface area contributed by atoms with Crippen molar-refractivity contribution in [2.45, 2.75) is 63.7 Å². The van der Waals surface area contributed by atoms with Gasteiger partial charge in [0.15, 0.2) is 0 Å². The molecule has 30 heavy (non-hydrogen) atoms. The number of carbonyl (C=O) groups is 1. The highest BCUT2D eigenvalue weighted by Gasteiger charge is 2.39. The first-order chi connectivity index (χ1) is 14.3. The van der Waals surface area contributed by atoms with Crippen LogP contribution in [0.15, 0.2) is 36.4 Å². The molecule has 0 bridgehead atoms. The minimum atomic E-state index is -1.49. The lowest BCUT2D eigenvalue weighted by molar-refractivity contribution is 0.0696. The average molecular weight is 422 g/mol. The van der Waals surface area contributed by atoms with E-state index >= 15 is 0 Å². The van der Waals surface area contributed by atoms with Crippen LogP contribution in [0.1, 0.15) is 67.3 Å². The summed E-state index contributed by atoms with van der Waals surface area (Å²) >= 11 is 0. The first-order valence-corrected chi connectivity index (χ1v) is 10.4. The smallest absolute Gasteiger partial charge is 0.335 e. The zero-order chi connectivity index (χ0) is 21.8. The van der Waals surface area contributed by atoms with E-state index in [4.69, 9.17) is 5.11 Å². The Balaban J connectivity index is 1.82. The fraction of sp³-hybridized carbons (Fsp3) is 0.458. The van der Waals surface area contributed by atoms with Gasteiger partial charge in [0.1, 0.15) is 24.0 Å². The largest absolute Gasteiger partial charge is 0.478 e. The summed E-state index contributed by atoms with van der Waals surface area (Å²) in [4.78, 5) is 10.9. The third-order valence-corrected chi connectivity index (χ3v) is 5.98. The van der Waals surface area contributed by atoms with Crippen LogP contribution in [0, 0.1) is 17.6 Å². The number of carboxylic acid groups (broad SMARTS) is 1. The highest BCUT2D eigenvalue weighted by atomic mass is 19.2. The van der Waals surface area contributed by atoms with Crippen molar-refractivity contribution in [3.05, 3.63) is 59.2 Å². The van der Waals surface area contributed by atoms with Gasteiger partial charge in [-0.2, -0.15) is 0 Å². The minimum Gasteiger partial charge on any atom is -0.478 e. The molecule has 2 aromatic carbocycles. The molecule has 162 valence electrons. The van der Waals surface area contributed by atoms with Crippen LogP contribution in [0.2, 0.25) is 0 Å². The molecule has 1 saturated carbocycles. The number of rotatable bonds is 7. The van der Waals surface area contributed by atoms with Crippen LogP contribution in [-0.2, 0) is 0 Å². The third kappa shape index (κ3) is 4.85. The van der Waals surface area contributed by atoms with Crippen molar-refractivity contribution >= 4 is 5.97 Å². The maximum atomic E-state index is 14.8. The van der Waals surface area contributed by atoms with Gasteiger partial charge in [0, 0.05) is 5.92 Å². The quantitative estimate of drug-likeness (QED) is 0.382. The summed E-state index contributed by atoms with van der Waals surface area (Å²) in [5.41, 5.74) is -0.195. The molecule has 0 aliphatic heterocycles. The summed E-state index contributed by atoms with van der Waals surface area (Å²) in [6.07, 6.45) is 1.21. The first kappa shape index (κ1) is 22.3. The molecule has 0 heterocycles. The fourth-order valence-electron chi connectivity index (χ4n) is 4.43. The molecule has 0 amide bonds. The maximum Gasteiger partial charge on any atom is 0.335 e. The van der Waals surface area contributed by atoms with Gasteiger partial charge < -0.3 is 5.11 Å². The Morgan fingerprint density at radius 2 is 1.57 bits per heavy atom. The molecular formula is C24H26F4O2. The van der Waals surface area contributed by atoms with Crippen LogP contribution in [0.5, 0.6) is 0 Å². The molecule has 6 heteroatoms. The van der Waals surface area contributed by atoms with Crippen molar-refractivity contribution in [1.29, 1.82) is 0 Å². The Hall–Kier alpha value is -2.37. The van der Waals surface area contributed by atoms with E-state index in [0.717, 1.165) is 37.8 Å². The number of benzene rings is 2. The molecule has 2 atom stereocenters. The molecule has 2 unspecified atom stereocenters. The molecule has 2 nitrogen and oxygen atoms in total. The second-order valence-corrected chi connectivity index (χ2v) is 8.13. The van der Waals surface area contributed by atoms with Gasteiger partial charge in [-0.05, 0) is 54.2 Å². The van der Waals surface area contributed by atoms with E-state index in [1.807, 2.05) is 0 Å². The number of hydrogen-bond donors (Lipinski definition) is 1. The lowest BCUT2D eigenvalue weighted by Crippen LogP contribution is -2.34. The second-order valence-electron chi connectivity index (χ2n) is 8.13. The van der Waals surface area contributed by atoms with Gasteiger partial charge in [0.05, 0.1) is 11.1 Å². The van der Waals surface area contributed by atoms with Crippen molar-refractivity contribution in [3.8, 4) is 11.1 Å². The number of carboxylic acids is 1. The molecule has 1 N–H and O–H groups in total. The van der Waals surface area contributed by atoms with E-state index in [1.165, 1.54) is 24.3 Å². The lowest BCUT2D eigenvalue weighted by Gasteiger charge is -2.35. The van der Waals surface area contributed by atoms with E-state index in [9.17, 15) is 22.4 Å². The summed E-state index contributed by atoms with van der Waals surface area (Å²) in [6, 6.07) is 7.12. The van der Waals surface area contributed by atoms with E-state index in [1.54, 1.807) is 0 Å². The Bertz CT molecular complexity index is 846. The van der Waals surface area contributed by atoms with Crippen LogP contribution in [0.3, 0.4) is 0 Å². The van der Waals surface area contributed by atoms with Gasteiger partial charge in [-0.25, -0.2) is 22.4 Å². The molecule has 0 radical (unpaired) electrons. The predicted molar refractivity (Wildman–Crippen MR) is 108 cm³/mol. The lowest BCUT2D eigenvalue weighted by atomic mass is 9.74. The molecule has 1 aliphatic carbocycles. The Kier molecular flexibility index (Phi) is 7.16. The number of halogens is 4. The van der Waals surface area contributed by atoms with Crippen molar-refractivity contribution in [2.24, 2.45) is 5.92 Å². The molecular weight excluding hydrogens is 396 g/mol. The van der Waals surface area contributed by atoms with Crippen LogP contribution in [0.4, 0.5) is 17.6 Å². The van der Waals surface area contributed by atoms with Gasteiger partial charge in [-0.15, -0.1) is 0 Å².